The molecular formula is C36H39N3O4. The van der Waals surface area contributed by atoms with Crippen molar-refractivity contribution in [1.82, 2.24) is 9.88 Å². The number of fused-ring (bicyclic) bond motifs is 3. The molecule has 7 nitrogen and oxygen atoms in total. The smallest absolute Gasteiger partial charge is 0.310 e. The van der Waals surface area contributed by atoms with Crippen LogP contribution in [-0.4, -0.2) is 41.5 Å². The van der Waals surface area contributed by atoms with Crippen LogP contribution in [0.25, 0.3) is 21.9 Å². The third-order valence-corrected chi connectivity index (χ3v) is 9.33. The number of hydrogen-bond donors (Lipinski definition) is 1. The van der Waals surface area contributed by atoms with Crippen molar-refractivity contribution in [3.63, 3.8) is 0 Å². The maximum atomic E-state index is 12.5. The van der Waals surface area contributed by atoms with Gasteiger partial charge in [0.2, 0.25) is 5.91 Å². The predicted octanol–water partition coefficient (Wildman–Crippen LogP) is 6.69. The van der Waals surface area contributed by atoms with Gasteiger partial charge in [-0.25, -0.2) is 4.98 Å². The summed E-state index contributed by atoms with van der Waals surface area (Å²) in [6, 6.07) is 20.8. The number of benzene rings is 3. The first-order valence-electron chi connectivity index (χ1n) is 15.3. The molecule has 1 aliphatic heterocycles. The Kier molecular flexibility index (Phi) is 7.82. The molecule has 43 heavy (non-hydrogen) atoms. The highest BCUT2D eigenvalue weighted by Gasteiger charge is 2.47. The predicted molar refractivity (Wildman–Crippen MR) is 169 cm³/mol. The van der Waals surface area contributed by atoms with E-state index < -0.39 is 0 Å². The van der Waals surface area contributed by atoms with Crippen molar-refractivity contribution in [3.05, 3.63) is 89.1 Å². The lowest BCUT2D eigenvalue weighted by atomic mass is 9.73. The van der Waals surface area contributed by atoms with E-state index in [9.17, 15) is 9.59 Å². The minimum absolute atomic E-state index is 0.0821. The molecule has 0 radical (unpaired) electrons. The van der Waals surface area contributed by atoms with Gasteiger partial charge >= 0.3 is 5.97 Å². The summed E-state index contributed by atoms with van der Waals surface area (Å²) in [7, 11) is 0. The van der Waals surface area contributed by atoms with Crippen LogP contribution in [0.15, 0.2) is 66.9 Å². The Hall–Kier alpha value is -4.39. The first-order chi connectivity index (χ1) is 20.8. The van der Waals surface area contributed by atoms with Crippen molar-refractivity contribution >= 4 is 28.5 Å². The first-order valence-corrected chi connectivity index (χ1v) is 15.3. The largest absolute Gasteiger partial charge is 0.485 e. The lowest BCUT2D eigenvalue weighted by Gasteiger charge is -2.40. The number of aryl methyl sites for hydroxylation is 1. The van der Waals surface area contributed by atoms with Gasteiger partial charge in [0.1, 0.15) is 17.7 Å². The van der Waals surface area contributed by atoms with E-state index in [2.05, 4.69) is 29.2 Å². The van der Waals surface area contributed by atoms with Gasteiger partial charge in [-0.2, -0.15) is 0 Å². The van der Waals surface area contributed by atoms with Gasteiger partial charge in [0.15, 0.2) is 0 Å². The number of hydrogen-bond acceptors (Lipinski definition) is 6. The summed E-state index contributed by atoms with van der Waals surface area (Å²) >= 11 is 0. The first kappa shape index (κ1) is 28.7. The SMILES string of the molecule is CCOC(=O)Cc1c(C)cccc1OC1CC2(CCN(C(=O)CC)CC2)c2ccc(-c3cccc4c(N)nccc34)cc21. The highest BCUT2D eigenvalue weighted by Crippen LogP contribution is 2.53. The molecule has 1 aromatic heterocycles. The number of nitrogen functional groups attached to an aromatic ring is 1. The number of aromatic nitrogens is 1. The number of nitrogens with zero attached hydrogens (tertiary/aromatic N) is 2. The maximum absolute atomic E-state index is 12.5. The molecule has 1 unspecified atom stereocenters. The normalized spacial score (nSPS) is 17.2. The topological polar surface area (TPSA) is 94.8 Å². The Morgan fingerprint density at radius 1 is 1.02 bits per heavy atom. The van der Waals surface area contributed by atoms with E-state index in [1.807, 2.05) is 62.1 Å². The van der Waals surface area contributed by atoms with Crippen molar-refractivity contribution in [1.29, 1.82) is 0 Å². The van der Waals surface area contributed by atoms with Gasteiger partial charge in [0.05, 0.1) is 13.0 Å². The van der Waals surface area contributed by atoms with Gasteiger partial charge in [-0.3, -0.25) is 9.59 Å². The Balaban J connectivity index is 1.41. The number of amides is 1. The summed E-state index contributed by atoms with van der Waals surface area (Å²) in [5, 5.41) is 1.99. The van der Waals surface area contributed by atoms with Gasteiger partial charge in [0.25, 0.3) is 0 Å². The molecule has 1 atom stereocenters. The van der Waals surface area contributed by atoms with Gasteiger partial charge in [-0.15, -0.1) is 0 Å². The standard InChI is InChI=1S/C36H39N3O4/c1-4-33(40)39-18-15-36(16-19-39)22-32(43-31-11-6-8-23(3)28(31)21-34(41)42-5-2)29-20-24(12-13-30(29)36)25-9-7-10-27-26(25)14-17-38-35(27)37/h6-14,17,20,32H,4-5,15-16,18-19,21-22H2,1-3H3,(H2,37,38). The fourth-order valence-electron chi connectivity index (χ4n) is 7.04. The number of carbonyl (C=O) groups excluding carboxylic acids is 2. The number of pyridine rings is 1. The van der Waals surface area contributed by atoms with Crippen molar-refractivity contribution < 1.29 is 19.1 Å². The molecule has 7 heteroatoms. The summed E-state index contributed by atoms with van der Waals surface area (Å²) in [6.45, 7) is 7.58. The molecule has 2 aliphatic rings. The van der Waals surface area contributed by atoms with Gasteiger partial charge in [-0.05, 0) is 84.5 Å². The zero-order valence-electron chi connectivity index (χ0n) is 25.2. The molecule has 1 aliphatic carbocycles. The maximum Gasteiger partial charge on any atom is 0.310 e. The van der Waals surface area contributed by atoms with E-state index >= 15 is 0 Å². The van der Waals surface area contributed by atoms with Crippen molar-refractivity contribution in [2.24, 2.45) is 0 Å². The van der Waals surface area contributed by atoms with Crippen LogP contribution in [0.1, 0.15) is 67.9 Å². The monoisotopic (exact) mass is 577 g/mol. The molecule has 1 amide bonds. The number of nitrogens with two attached hydrogens (primary N) is 1. The second kappa shape index (κ2) is 11.7. The van der Waals surface area contributed by atoms with Crippen LogP contribution in [0.3, 0.4) is 0 Å². The van der Waals surface area contributed by atoms with Gasteiger partial charge in [0, 0.05) is 42.1 Å². The van der Waals surface area contributed by atoms with E-state index in [-0.39, 0.29) is 29.8 Å². The average molecular weight is 578 g/mol. The number of likely N-dealkylation sites (tertiary alicyclic amines) is 1. The Morgan fingerprint density at radius 3 is 2.58 bits per heavy atom. The molecule has 222 valence electrons. The second-order valence-corrected chi connectivity index (χ2v) is 11.8. The average Bonchev–Trinajstić information content (AvgIpc) is 3.30. The van der Waals surface area contributed by atoms with Crippen LogP contribution >= 0.6 is 0 Å². The molecule has 2 N–H and O–H groups in total. The van der Waals surface area contributed by atoms with Crippen molar-refractivity contribution in [3.8, 4) is 16.9 Å². The van der Waals surface area contributed by atoms with Gasteiger partial charge < -0.3 is 20.1 Å². The minimum Gasteiger partial charge on any atom is -0.485 e. The third-order valence-electron chi connectivity index (χ3n) is 9.33. The molecule has 4 aromatic rings. The molecule has 2 heterocycles. The lowest BCUT2D eigenvalue weighted by Crippen LogP contribution is -2.44. The quantitative estimate of drug-likeness (QED) is 0.246. The lowest BCUT2D eigenvalue weighted by molar-refractivity contribution is -0.142. The highest BCUT2D eigenvalue weighted by atomic mass is 16.5. The summed E-state index contributed by atoms with van der Waals surface area (Å²) in [4.78, 5) is 31.3. The van der Waals surface area contributed by atoms with Crippen LogP contribution in [0, 0.1) is 6.92 Å². The fraction of sp³-hybridized carbons (Fsp3) is 0.361. The molecule has 0 saturated carbocycles. The van der Waals surface area contributed by atoms with Crippen LogP contribution < -0.4 is 10.5 Å². The Bertz CT molecular complexity index is 1690. The van der Waals surface area contributed by atoms with Crippen LogP contribution in [0.5, 0.6) is 5.75 Å². The van der Waals surface area contributed by atoms with E-state index in [0.29, 0.717) is 24.6 Å². The van der Waals surface area contributed by atoms with E-state index in [1.54, 1.807) is 6.20 Å². The molecule has 6 rings (SSSR count). The highest BCUT2D eigenvalue weighted by molar-refractivity contribution is 6.01. The summed E-state index contributed by atoms with van der Waals surface area (Å²) in [5.74, 6) is 1.19. The molecule has 0 bridgehead atoms. The number of anilines is 1. The number of piperidine rings is 1. The zero-order chi connectivity index (χ0) is 30.1. The summed E-state index contributed by atoms with van der Waals surface area (Å²) in [5.41, 5.74) is 12.7. The number of rotatable bonds is 7. The third kappa shape index (κ3) is 5.33. The molecule has 1 fully saturated rings. The Labute approximate surface area is 253 Å². The zero-order valence-corrected chi connectivity index (χ0v) is 25.2. The van der Waals surface area contributed by atoms with Gasteiger partial charge in [-0.1, -0.05) is 49.4 Å². The number of esters is 1. The molecule has 1 saturated heterocycles. The minimum atomic E-state index is -0.259. The van der Waals surface area contributed by atoms with E-state index in [0.717, 1.165) is 70.9 Å². The van der Waals surface area contributed by atoms with Crippen LogP contribution in [0.4, 0.5) is 5.82 Å². The van der Waals surface area contributed by atoms with Crippen LogP contribution in [-0.2, 0) is 26.2 Å². The van der Waals surface area contributed by atoms with Crippen molar-refractivity contribution in [2.45, 2.75) is 64.4 Å². The molecule has 1 spiro atoms. The fourth-order valence-corrected chi connectivity index (χ4v) is 7.04. The summed E-state index contributed by atoms with van der Waals surface area (Å²) < 4.78 is 12.2. The Morgan fingerprint density at radius 2 is 1.81 bits per heavy atom. The number of ether oxygens (including phenoxy) is 2. The second-order valence-electron chi connectivity index (χ2n) is 11.8. The number of carbonyl (C=O) groups is 2. The van der Waals surface area contributed by atoms with E-state index in [1.165, 1.54) is 5.56 Å². The van der Waals surface area contributed by atoms with Crippen LogP contribution in [0.2, 0.25) is 0 Å². The summed E-state index contributed by atoms with van der Waals surface area (Å²) in [6.07, 6.45) is 4.85. The van der Waals surface area contributed by atoms with Crippen molar-refractivity contribution in [2.75, 3.05) is 25.4 Å². The molecule has 3 aromatic carbocycles. The molecular weight excluding hydrogens is 538 g/mol. The van der Waals surface area contributed by atoms with E-state index in [4.69, 9.17) is 15.2 Å².